The van der Waals surface area contributed by atoms with Gasteiger partial charge in [-0.15, -0.1) is 12.4 Å². The number of rotatable bonds is 14. The number of nitrogens with zero attached hydrogens (tertiary/aromatic N) is 1. The highest BCUT2D eigenvalue weighted by atomic mass is 35.5. The molecule has 0 bridgehead atoms. The van der Waals surface area contributed by atoms with Crippen LogP contribution in [-0.2, 0) is 0 Å². The second-order valence-corrected chi connectivity index (χ2v) is 7.15. The lowest BCUT2D eigenvalue weighted by atomic mass is 9.98. The molecular weight excluding hydrogens is 326 g/mol. The predicted molar refractivity (Wildman–Crippen MR) is 117 cm³/mol. The minimum absolute atomic E-state index is 0. The summed E-state index contributed by atoms with van der Waals surface area (Å²) < 4.78 is 0. The van der Waals surface area contributed by atoms with Crippen LogP contribution in [0.2, 0.25) is 0 Å². The fourth-order valence-corrected chi connectivity index (χ4v) is 3.13. The Labute approximate surface area is 163 Å². The summed E-state index contributed by atoms with van der Waals surface area (Å²) >= 11 is 0. The molecule has 0 aromatic heterocycles. The first-order valence-electron chi connectivity index (χ1n) is 10.2. The molecule has 0 aliphatic rings. The Kier molecular flexibility index (Phi) is 16.1. The van der Waals surface area contributed by atoms with Gasteiger partial charge in [0.25, 0.3) is 0 Å². The van der Waals surface area contributed by atoms with E-state index < -0.39 is 0 Å². The topological polar surface area (TPSA) is 3.24 Å². The van der Waals surface area contributed by atoms with Crippen LogP contribution in [0.25, 0.3) is 6.08 Å². The van der Waals surface area contributed by atoms with E-state index in [4.69, 9.17) is 0 Å². The van der Waals surface area contributed by atoms with Crippen molar-refractivity contribution < 1.29 is 0 Å². The first-order chi connectivity index (χ1) is 11.8. The molecule has 0 fully saturated rings. The van der Waals surface area contributed by atoms with Crippen molar-refractivity contribution in [3.8, 4) is 0 Å². The van der Waals surface area contributed by atoms with E-state index in [1.807, 2.05) is 0 Å². The Morgan fingerprint density at radius 2 is 1.48 bits per heavy atom. The minimum atomic E-state index is 0. The SMILES string of the molecule is CCCCCCCCCCC(C=Cc1ccccc1)CN(C)CC.Cl. The summed E-state index contributed by atoms with van der Waals surface area (Å²) in [5.41, 5.74) is 1.32. The van der Waals surface area contributed by atoms with Crippen LogP contribution in [0.5, 0.6) is 0 Å². The average molecular weight is 366 g/mol. The maximum absolute atomic E-state index is 2.44. The van der Waals surface area contributed by atoms with Gasteiger partial charge in [-0.3, -0.25) is 0 Å². The molecule has 0 saturated heterocycles. The van der Waals surface area contributed by atoms with Gasteiger partial charge in [0.15, 0.2) is 0 Å². The van der Waals surface area contributed by atoms with Crippen molar-refractivity contribution in [1.29, 1.82) is 0 Å². The quantitative estimate of drug-likeness (QED) is 0.314. The van der Waals surface area contributed by atoms with Crippen molar-refractivity contribution in [3.05, 3.63) is 42.0 Å². The van der Waals surface area contributed by atoms with Gasteiger partial charge in [0, 0.05) is 6.54 Å². The molecule has 1 unspecified atom stereocenters. The summed E-state index contributed by atoms with van der Waals surface area (Å²) in [5, 5.41) is 0. The normalized spacial score (nSPS) is 12.5. The zero-order valence-electron chi connectivity index (χ0n) is 16.8. The molecular formula is C23H40ClN. The third-order valence-corrected chi connectivity index (χ3v) is 4.87. The first-order valence-corrected chi connectivity index (χ1v) is 10.2. The van der Waals surface area contributed by atoms with E-state index in [0.29, 0.717) is 5.92 Å². The van der Waals surface area contributed by atoms with E-state index in [9.17, 15) is 0 Å². The van der Waals surface area contributed by atoms with Crippen LogP contribution in [0.1, 0.15) is 77.2 Å². The molecule has 1 aromatic rings. The van der Waals surface area contributed by atoms with Crippen molar-refractivity contribution in [2.75, 3.05) is 20.1 Å². The highest BCUT2D eigenvalue weighted by Crippen LogP contribution is 2.16. The average Bonchev–Trinajstić information content (AvgIpc) is 2.62. The van der Waals surface area contributed by atoms with Crippen molar-refractivity contribution >= 4 is 18.5 Å². The Hall–Kier alpha value is -0.790. The van der Waals surface area contributed by atoms with Gasteiger partial charge in [0.05, 0.1) is 0 Å². The molecule has 1 nitrogen and oxygen atoms in total. The van der Waals surface area contributed by atoms with Crippen LogP contribution < -0.4 is 0 Å². The lowest BCUT2D eigenvalue weighted by Gasteiger charge is -2.20. The lowest BCUT2D eigenvalue weighted by Crippen LogP contribution is -2.24. The predicted octanol–water partition coefficient (Wildman–Crippen LogP) is 7.22. The molecule has 0 N–H and O–H groups in total. The number of hydrogen-bond acceptors (Lipinski definition) is 1. The summed E-state index contributed by atoms with van der Waals surface area (Å²) in [6.07, 6.45) is 17.3. The van der Waals surface area contributed by atoms with E-state index in [0.717, 1.165) is 6.54 Å². The smallest absolute Gasteiger partial charge is 0.00413 e. The molecule has 0 heterocycles. The maximum atomic E-state index is 2.44. The largest absolute Gasteiger partial charge is 0.306 e. The van der Waals surface area contributed by atoms with E-state index in [1.54, 1.807) is 0 Å². The minimum Gasteiger partial charge on any atom is -0.306 e. The standard InChI is InChI=1S/C23H39N.ClH/c1-4-6-7-8-9-10-11-13-18-23(21-24(3)5-2)20-19-22-16-14-12-15-17-22;/h12,14-17,19-20,23H,4-11,13,18,21H2,1-3H3;1H. The van der Waals surface area contributed by atoms with Gasteiger partial charge in [0.1, 0.15) is 0 Å². The number of unbranched alkanes of at least 4 members (excludes halogenated alkanes) is 7. The third-order valence-electron chi connectivity index (χ3n) is 4.87. The molecule has 1 rings (SSSR count). The summed E-state index contributed by atoms with van der Waals surface area (Å²) in [5.74, 6) is 0.676. The first kappa shape index (κ1) is 24.2. The van der Waals surface area contributed by atoms with Gasteiger partial charge in [-0.05, 0) is 31.5 Å². The summed E-state index contributed by atoms with van der Waals surface area (Å²) in [7, 11) is 2.23. The van der Waals surface area contributed by atoms with Gasteiger partial charge in [0.2, 0.25) is 0 Å². The van der Waals surface area contributed by atoms with Crippen LogP contribution in [0, 0.1) is 5.92 Å². The van der Waals surface area contributed by atoms with Crippen LogP contribution in [0.15, 0.2) is 36.4 Å². The molecule has 0 saturated carbocycles. The van der Waals surface area contributed by atoms with Crippen LogP contribution in [0.3, 0.4) is 0 Å². The van der Waals surface area contributed by atoms with Crippen LogP contribution >= 0.6 is 12.4 Å². The molecule has 0 aliphatic heterocycles. The summed E-state index contributed by atoms with van der Waals surface area (Å²) in [6, 6.07) is 10.7. The fourth-order valence-electron chi connectivity index (χ4n) is 3.13. The van der Waals surface area contributed by atoms with E-state index in [-0.39, 0.29) is 12.4 Å². The monoisotopic (exact) mass is 365 g/mol. The highest BCUT2D eigenvalue weighted by Gasteiger charge is 2.07. The van der Waals surface area contributed by atoms with Crippen LogP contribution in [-0.4, -0.2) is 25.0 Å². The van der Waals surface area contributed by atoms with E-state index >= 15 is 0 Å². The molecule has 0 amide bonds. The van der Waals surface area contributed by atoms with Gasteiger partial charge >= 0.3 is 0 Å². The molecule has 1 atom stereocenters. The Morgan fingerprint density at radius 1 is 0.880 bits per heavy atom. The zero-order chi connectivity index (χ0) is 17.5. The van der Waals surface area contributed by atoms with E-state index in [1.165, 1.54) is 69.9 Å². The molecule has 1 aromatic carbocycles. The number of benzene rings is 1. The Morgan fingerprint density at radius 3 is 2.08 bits per heavy atom. The van der Waals surface area contributed by atoms with Gasteiger partial charge < -0.3 is 4.90 Å². The summed E-state index contributed by atoms with van der Waals surface area (Å²) in [4.78, 5) is 2.44. The van der Waals surface area contributed by atoms with Crippen molar-refractivity contribution in [3.63, 3.8) is 0 Å². The molecule has 144 valence electrons. The molecule has 0 aliphatic carbocycles. The summed E-state index contributed by atoms with van der Waals surface area (Å²) in [6.45, 7) is 6.84. The second-order valence-electron chi connectivity index (χ2n) is 7.15. The molecule has 2 heteroatoms. The van der Waals surface area contributed by atoms with Crippen molar-refractivity contribution in [2.24, 2.45) is 5.92 Å². The fraction of sp³-hybridized carbons (Fsp3) is 0.652. The third kappa shape index (κ3) is 13.1. The van der Waals surface area contributed by atoms with Crippen molar-refractivity contribution in [1.82, 2.24) is 4.90 Å². The molecule has 0 spiro atoms. The number of halogens is 1. The van der Waals surface area contributed by atoms with Crippen molar-refractivity contribution in [2.45, 2.75) is 71.6 Å². The van der Waals surface area contributed by atoms with Gasteiger partial charge in [-0.25, -0.2) is 0 Å². The van der Waals surface area contributed by atoms with Gasteiger partial charge in [-0.2, -0.15) is 0 Å². The zero-order valence-corrected chi connectivity index (χ0v) is 17.6. The highest BCUT2D eigenvalue weighted by molar-refractivity contribution is 5.85. The Bertz CT molecular complexity index is 415. The number of hydrogen-bond donors (Lipinski definition) is 0. The Balaban J connectivity index is 0.00000576. The molecule has 0 radical (unpaired) electrons. The lowest BCUT2D eigenvalue weighted by molar-refractivity contribution is 0.303. The maximum Gasteiger partial charge on any atom is 0.00413 e. The van der Waals surface area contributed by atoms with Gasteiger partial charge in [-0.1, -0.05) is 108 Å². The second kappa shape index (κ2) is 16.7. The van der Waals surface area contributed by atoms with E-state index in [2.05, 4.69) is 68.3 Å². The molecule has 25 heavy (non-hydrogen) atoms. The van der Waals surface area contributed by atoms with Crippen LogP contribution in [0.4, 0.5) is 0 Å².